The average molecular weight is 497 g/mol. The van der Waals surface area contributed by atoms with Gasteiger partial charge in [0, 0.05) is 6.54 Å². The summed E-state index contributed by atoms with van der Waals surface area (Å²) in [5, 5.41) is 10.7. The summed E-state index contributed by atoms with van der Waals surface area (Å²) in [5.41, 5.74) is 1.27. The van der Waals surface area contributed by atoms with Gasteiger partial charge in [-0.2, -0.15) is 5.26 Å². The van der Waals surface area contributed by atoms with Crippen LogP contribution in [0.3, 0.4) is 0 Å². The third-order valence-corrected chi connectivity index (χ3v) is 7.93. The lowest BCUT2D eigenvalue weighted by atomic mass is 9.56. The van der Waals surface area contributed by atoms with Gasteiger partial charge in [0.2, 0.25) is 0 Å². The third-order valence-electron chi connectivity index (χ3n) is 7.93. The average Bonchev–Trinajstić information content (AvgIpc) is 2.89. The number of hydrogen-bond acceptors (Lipinski definition) is 6. The van der Waals surface area contributed by atoms with E-state index in [0.29, 0.717) is 17.4 Å². The van der Waals surface area contributed by atoms with Crippen molar-refractivity contribution in [2.45, 2.75) is 52.4 Å². The summed E-state index contributed by atoms with van der Waals surface area (Å²) in [6.07, 6.45) is 2.57. The molecule has 0 aromatic heterocycles. The number of likely N-dealkylation sites (N-methyl/N-ethyl adjacent to an activating group) is 1. The molecule has 0 aliphatic rings. The molecule has 0 fully saturated rings. The van der Waals surface area contributed by atoms with Gasteiger partial charge in [-0.1, -0.05) is 39.8 Å². The SMILES string of the molecule is COc1ccc(CCN(C)CCCC(C#N)(c2ccc(OC)c(OC)c2)C(C)(C)C(C)C)cc1OC. The Balaban J connectivity index is 2.18. The van der Waals surface area contributed by atoms with E-state index < -0.39 is 5.41 Å². The Morgan fingerprint density at radius 3 is 1.92 bits per heavy atom. The summed E-state index contributed by atoms with van der Waals surface area (Å²) in [4.78, 5) is 2.33. The van der Waals surface area contributed by atoms with Crippen LogP contribution in [0.4, 0.5) is 0 Å². The highest BCUT2D eigenvalue weighted by molar-refractivity contribution is 5.48. The summed E-state index contributed by atoms with van der Waals surface area (Å²) >= 11 is 0. The van der Waals surface area contributed by atoms with Crippen molar-refractivity contribution < 1.29 is 18.9 Å². The summed E-state index contributed by atoms with van der Waals surface area (Å²) < 4.78 is 21.8. The van der Waals surface area contributed by atoms with E-state index in [1.165, 1.54) is 5.56 Å². The summed E-state index contributed by atoms with van der Waals surface area (Å²) in [6, 6.07) is 14.7. The predicted molar refractivity (Wildman–Crippen MR) is 145 cm³/mol. The Morgan fingerprint density at radius 1 is 0.833 bits per heavy atom. The number of hydrogen-bond donors (Lipinski definition) is 0. The van der Waals surface area contributed by atoms with E-state index in [4.69, 9.17) is 18.9 Å². The molecule has 36 heavy (non-hydrogen) atoms. The van der Waals surface area contributed by atoms with Crippen LogP contribution >= 0.6 is 0 Å². The Labute approximate surface area is 218 Å². The van der Waals surface area contributed by atoms with Crippen LogP contribution in [0.25, 0.3) is 0 Å². The van der Waals surface area contributed by atoms with E-state index in [1.807, 2.05) is 30.3 Å². The van der Waals surface area contributed by atoms with Crippen LogP contribution in [0.2, 0.25) is 0 Å². The molecule has 2 aromatic carbocycles. The summed E-state index contributed by atoms with van der Waals surface area (Å²) in [5.74, 6) is 3.13. The van der Waals surface area contributed by atoms with E-state index in [1.54, 1.807) is 28.4 Å². The van der Waals surface area contributed by atoms with Crippen LogP contribution in [0, 0.1) is 22.7 Å². The van der Waals surface area contributed by atoms with E-state index in [0.717, 1.165) is 49.4 Å². The molecule has 1 unspecified atom stereocenters. The zero-order valence-electron chi connectivity index (χ0n) is 23.6. The smallest absolute Gasteiger partial charge is 0.161 e. The van der Waals surface area contributed by atoms with Gasteiger partial charge in [0.25, 0.3) is 0 Å². The molecular weight excluding hydrogens is 452 g/mol. The molecular formula is C30H44N2O4. The molecule has 0 radical (unpaired) electrons. The van der Waals surface area contributed by atoms with Crippen molar-refractivity contribution in [3.05, 3.63) is 47.5 Å². The van der Waals surface area contributed by atoms with Crippen molar-refractivity contribution in [1.29, 1.82) is 5.26 Å². The summed E-state index contributed by atoms with van der Waals surface area (Å²) in [6.45, 7) is 10.6. The Hall–Kier alpha value is -2.91. The van der Waals surface area contributed by atoms with Gasteiger partial charge in [-0.3, -0.25) is 0 Å². The van der Waals surface area contributed by atoms with Crippen molar-refractivity contribution >= 4 is 0 Å². The first-order valence-electron chi connectivity index (χ1n) is 12.6. The predicted octanol–water partition coefficient (Wildman–Crippen LogP) is 6.12. The highest BCUT2D eigenvalue weighted by Crippen LogP contribution is 2.50. The van der Waals surface area contributed by atoms with Crippen molar-refractivity contribution in [1.82, 2.24) is 4.90 Å². The second-order valence-electron chi connectivity index (χ2n) is 10.3. The zero-order valence-corrected chi connectivity index (χ0v) is 23.6. The number of nitrogens with zero attached hydrogens (tertiary/aromatic N) is 2. The van der Waals surface area contributed by atoms with Crippen LogP contribution in [0.5, 0.6) is 23.0 Å². The molecule has 198 valence electrons. The van der Waals surface area contributed by atoms with Gasteiger partial charge in [-0.25, -0.2) is 0 Å². The third kappa shape index (κ3) is 6.25. The lowest BCUT2D eigenvalue weighted by Crippen LogP contribution is -2.45. The van der Waals surface area contributed by atoms with Crippen molar-refractivity contribution in [2.75, 3.05) is 48.6 Å². The van der Waals surface area contributed by atoms with Gasteiger partial charge < -0.3 is 23.8 Å². The number of benzene rings is 2. The minimum atomic E-state index is -0.662. The molecule has 2 aromatic rings. The molecule has 6 heteroatoms. The van der Waals surface area contributed by atoms with Crippen LogP contribution < -0.4 is 18.9 Å². The Kier molecular flexibility index (Phi) is 10.5. The monoisotopic (exact) mass is 496 g/mol. The quantitative estimate of drug-likeness (QED) is 0.314. The van der Waals surface area contributed by atoms with E-state index in [9.17, 15) is 5.26 Å². The molecule has 0 bridgehead atoms. The minimum Gasteiger partial charge on any atom is -0.493 e. The Morgan fingerprint density at radius 2 is 1.39 bits per heavy atom. The topological polar surface area (TPSA) is 64.0 Å². The fraction of sp³-hybridized carbons (Fsp3) is 0.567. The molecule has 0 aliphatic heterocycles. The molecule has 0 N–H and O–H groups in total. The molecule has 0 amide bonds. The van der Waals surface area contributed by atoms with E-state index in [-0.39, 0.29) is 5.41 Å². The van der Waals surface area contributed by atoms with Crippen LogP contribution in [0.1, 0.15) is 51.7 Å². The highest BCUT2D eigenvalue weighted by atomic mass is 16.5. The van der Waals surface area contributed by atoms with Crippen molar-refractivity contribution in [2.24, 2.45) is 11.3 Å². The fourth-order valence-electron chi connectivity index (χ4n) is 4.78. The first-order valence-corrected chi connectivity index (χ1v) is 12.6. The lowest BCUT2D eigenvalue weighted by molar-refractivity contribution is 0.125. The van der Waals surface area contributed by atoms with Gasteiger partial charge in [-0.05, 0) is 79.6 Å². The maximum atomic E-state index is 10.7. The molecule has 0 saturated carbocycles. The Bertz CT molecular complexity index is 1030. The number of rotatable bonds is 14. The molecule has 6 nitrogen and oxygen atoms in total. The van der Waals surface area contributed by atoms with Gasteiger partial charge in [0.15, 0.2) is 23.0 Å². The molecule has 2 rings (SSSR count). The fourth-order valence-corrected chi connectivity index (χ4v) is 4.78. The maximum absolute atomic E-state index is 10.7. The van der Waals surface area contributed by atoms with E-state index in [2.05, 4.69) is 51.8 Å². The van der Waals surface area contributed by atoms with Gasteiger partial charge in [0.05, 0.1) is 39.9 Å². The maximum Gasteiger partial charge on any atom is 0.161 e. The number of methoxy groups -OCH3 is 4. The highest BCUT2D eigenvalue weighted by Gasteiger charge is 2.48. The first kappa shape index (κ1) is 29.3. The van der Waals surface area contributed by atoms with Gasteiger partial charge in [-0.15, -0.1) is 0 Å². The normalized spacial score (nSPS) is 13.3. The standard InChI is InChI=1S/C30H44N2O4/c1-22(2)29(3,4)30(21-31,24-12-14-26(34-7)28(20-24)36-9)16-10-17-32(5)18-15-23-11-13-25(33-6)27(19-23)35-8/h11-14,19-20,22H,10,15-18H2,1-9H3. The van der Waals surface area contributed by atoms with Crippen molar-refractivity contribution in [3.63, 3.8) is 0 Å². The molecule has 0 heterocycles. The lowest BCUT2D eigenvalue weighted by Gasteiger charge is -2.45. The van der Waals surface area contributed by atoms with Crippen LogP contribution in [-0.2, 0) is 11.8 Å². The van der Waals surface area contributed by atoms with Gasteiger partial charge in [0.1, 0.15) is 0 Å². The van der Waals surface area contributed by atoms with Crippen LogP contribution in [-0.4, -0.2) is 53.5 Å². The number of nitriles is 1. The molecule has 0 saturated heterocycles. The van der Waals surface area contributed by atoms with Crippen molar-refractivity contribution in [3.8, 4) is 29.1 Å². The zero-order chi connectivity index (χ0) is 26.9. The molecule has 1 atom stereocenters. The number of ether oxygens (including phenoxy) is 4. The first-order chi connectivity index (χ1) is 17.1. The van der Waals surface area contributed by atoms with Gasteiger partial charge >= 0.3 is 0 Å². The van der Waals surface area contributed by atoms with E-state index >= 15 is 0 Å². The molecule has 0 aliphatic carbocycles. The second-order valence-corrected chi connectivity index (χ2v) is 10.3. The second kappa shape index (κ2) is 12.9. The summed E-state index contributed by atoms with van der Waals surface area (Å²) in [7, 11) is 8.71. The molecule has 0 spiro atoms. The minimum absolute atomic E-state index is 0.250. The largest absolute Gasteiger partial charge is 0.493 e. The van der Waals surface area contributed by atoms with Crippen LogP contribution in [0.15, 0.2) is 36.4 Å².